The minimum Gasteiger partial charge on any atom is -0.493 e. The molecule has 1 aliphatic rings. The first-order valence-electron chi connectivity index (χ1n) is 6.29. The molecule has 0 atom stereocenters. The molecule has 18 heavy (non-hydrogen) atoms. The van der Waals surface area contributed by atoms with Crippen LogP contribution in [0.2, 0.25) is 0 Å². The van der Waals surface area contributed by atoms with Gasteiger partial charge in [0.2, 0.25) is 0 Å². The van der Waals surface area contributed by atoms with E-state index in [1.165, 1.54) is 5.56 Å². The van der Waals surface area contributed by atoms with Gasteiger partial charge < -0.3 is 10.5 Å². The lowest BCUT2D eigenvalue weighted by Crippen LogP contribution is -1.88. The van der Waals surface area contributed by atoms with Gasteiger partial charge in [-0.1, -0.05) is 6.92 Å². The summed E-state index contributed by atoms with van der Waals surface area (Å²) in [6, 6.07) is 6.23. The van der Waals surface area contributed by atoms with Gasteiger partial charge in [0.1, 0.15) is 16.4 Å². The summed E-state index contributed by atoms with van der Waals surface area (Å²) in [6.07, 6.45) is 3.09. The fourth-order valence-electron chi connectivity index (χ4n) is 2.24. The summed E-state index contributed by atoms with van der Waals surface area (Å²) in [4.78, 5) is 4.65. The van der Waals surface area contributed by atoms with E-state index in [0.29, 0.717) is 0 Å². The first-order chi connectivity index (χ1) is 8.78. The third kappa shape index (κ3) is 1.97. The Morgan fingerprint density at radius 2 is 2.33 bits per heavy atom. The lowest BCUT2D eigenvalue weighted by Gasteiger charge is -2.02. The molecule has 1 aliphatic heterocycles. The molecule has 94 valence electrons. The Kier molecular flexibility index (Phi) is 2.96. The average Bonchev–Trinajstić information content (AvgIpc) is 2.95. The van der Waals surface area contributed by atoms with Gasteiger partial charge in [0, 0.05) is 12.0 Å². The molecule has 2 heterocycles. The van der Waals surface area contributed by atoms with Crippen LogP contribution < -0.4 is 10.5 Å². The highest BCUT2D eigenvalue weighted by atomic mass is 32.1. The second-order valence-corrected chi connectivity index (χ2v) is 5.61. The summed E-state index contributed by atoms with van der Waals surface area (Å²) >= 11 is 1.60. The van der Waals surface area contributed by atoms with Gasteiger partial charge in [-0.2, -0.15) is 0 Å². The Hall–Kier alpha value is -1.55. The zero-order chi connectivity index (χ0) is 12.5. The Balaban J connectivity index is 1.99. The van der Waals surface area contributed by atoms with Crippen LogP contribution in [0, 0.1) is 0 Å². The molecule has 0 radical (unpaired) electrons. The van der Waals surface area contributed by atoms with Gasteiger partial charge in [-0.15, -0.1) is 11.3 Å². The summed E-state index contributed by atoms with van der Waals surface area (Å²) in [5, 5.41) is 1.94. The van der Waals surface area contributed by atoms with Gasteiger partial charge in [-0.25, -0.2) is 4.98 Å². The third-order valence-electron chi connectivity index (χ3n) is 3.12. The monoisotopic (exact) mass is 260 g/mol. The second-order valence-electron chi connectivity index (χ2n) is 4.49. The quantitative estimate of drug-likeness (QED) is 0.921. The number of fused-ring (bicyclic) bond motifs is 1. The van der Waals surface area contributed by atoms with Gasteiger partial charge in [0.15, 0.2) is 0 Å². The number of aryl methyl sites for hydroxylation is 1. The molecule has 2 aromatic rings. The predicted molar refractivity (Wildman–Crippen MR) is 75.2 cm³/mol. The van der Waals surface area contributed by atoms with Crippen LogP contribution >= 0.6 is 11.3 Å². The van der Waals surface area contributed by atoms with Crippen molar-refractivity contribution in [2.45, 2.75) is 26.2 Å². The van der Waals surface area contributed by atoms with Crippen molar-refractivity contribution in [1.82, 2.24) is 4.98 Å². The fourth-order valence-corrected chi connectivity index (χ4v) is 3.20. The number of ether oxygens (including phenoxy) is 1. The molecule has 1 aromatic carbocycles. The fraction of sp³-hybridized carbons (Fsp3) is 0.357. The van der Waals surface area contributed by atoms with E-state index in [0.717, 1.165) is 52.9 Å². The number of nitrogen functional groups attached to an aromatic ring is 1. The molecule has 0 bridgehead atoms. The van der Waals surface area contributed by atoms with E-state index in [1.807, 2.05) is 12.1 Å². The number of thiazole rings is 1. The smallest absolute Gasteiger partial charge is 0.122 e. The van der Waals surface area contributed by atoms with E-state index in [-0.39, 0.29) is 0 Å². The number of nitrogens with zero attached hydrogens (tertiary/aromatic N) is 1. The maximum atomic E-state index is 6.07. The van der Waals surface area contributed by atoms with E-state index in [4.69, 9.17) is 10.5 Å². The van der Waals surface area contributed by atoms with Crippen molar-refractivity contribution < 1.29 is 4.74 Å². The van der Waals surface area contributed by atoms with Crippen LogP contribution in [0.1, 0.15) is 23.9 Å². The summed E-state index contributed by atoms with van der Waals surface area (Å²) in [5.74, 6) is 1.00. The van der Waals surface area contributed by atoms with Crippen molar-refractivity contribution >= 4 is 16.3 Å². The lowest BCUT2D eigenvalue weighted by atomic mass is 10.1. The summed E-state index contributed by atoms with van der Waals surface area (Å²) in [6.45, 7) is 2.94. The topological polar surface area (TPSA) is 48.1 Å². The predicted octanol–water partition coefficient (Wildman–Crippen LogP) is 3.28. The highest BCUT2D eigenvalue weighted by Crippen LogP contribution is 2.35. The number of nitrogens with two attached hydrogens (primary N) is 1. The van der Waals surface area contributed by atoms with Gasteiger partial charge in [-0.3, -0.25) is 0 Å². The van der Waals surface area contributed by atoms with E-state index < -0.39 is 0 Å². The molecule has 0 unspecified atom stereocenters. The number of anilines is 1. The molecule has 3 rings (SSSR count). The Morgan fingerprint density at radius 3 is 3.17 bits per heavy atom. The molecule has 0 fully saturated rings. The van der Waals surface area contributed by atoms with Crippen LogP contribution in [-0.4, -0.2) is 11.6 Å². The van der Waals surface area contributed by atoms with Crippen LogP contribution in [0.4, 0.5) is 5.00 Å². The molecule has 0 saturated heterocycles. The average molecular weight is 260 g/mol. The number of rotatable bonds is 3. The summed E-state index contributed by atoms with van der Waals surface area (Å²) in [5.41, 5.74) is 9.37. The lowest BCUT2D eigenvalue weighted by molar-refractivity contribution is 0.357. The first-order valence-corrected chi connectivity index (χ1v) is 7.11. The molecule has 3 nitrogen and oxygen atoms in total. The maximum Gasteiger partial charge on any atom is 0.122 e. The molecular formula is C14H16N2OS. The normalized spacial score (nSPS) is 13.4. The minimum atomic E-state index is 0.784. The van der Waals surface area contributed by atoms with Crippen LogP contribution in [0.15, 0.2) is 18.2 Å². The second kappa shape index (κ2) is 4.61. The van der Waals surface area contributed by atoms with E-state index in [2.05, 4.69) is 18.0 Å². The van der Waals surface area contributed by atoms with Crippen molar-refractivity contribution in [3.63, 3.8) is 0 Å². The molecule has 0 spiro atoms. The van der Waals surface area contributed by atoms with E-state index in [1.54, 1.807) is 11.3 Å². The van der Waals surface area contributed by atoms with Gasteiger partial charge in [0.25, 0.3) is 0 Å². The van der Waals surface area contributed by atoms with Gasteiger partial charge >= 0.3 is 0 Å². The Bertz CT molecular complexity index is 577. The minimum absolute atomic E-state index is 0.784. The number of hydrogen-bond acceptors (Lipinski definition) is 4. The Labute approximate surface area is 111 Å². The zero-order valence-electron chi connectivity index (χ0n) is 10.4. The summed E-state index contributed by atoms with van der Waals surface area (Å²) < 4.78 is 5.51. The number of hydrogen-bond donors (Lipinski definition) is 1. The zero-order valence-corrected chi connectivity index (χ0v) is 11.2. The molecule has 2 N–H and O–H groups in total. The molecule has 0 amide bonds. The standard InChI is InChI=1S/C14H16N2OS/c1-2-3-12-16-13(14(15)18-12)10-4-5-11-9(8-10)6-7-17-11/h4-5,8H,2-3,6-7,15H2,1H3. The molecule has 0 saturated carbocycles. The Morgan fingerprint density at radius 1 is 1.44 bits per heavy atom. The van der Waals surface area contributed by atoms with Crippen molar-refractivity contribution in [2.24, 2.45) is 0 Å². The van der Waals surface area contributed by atoms with Crippen LogP contribution in [0.3, 0.4) is 0 Å². The van der Waals surface area contributed by atoms with Crippen molar-refractivity contribution in [3.05, 3.63) is 28.8 Å². The molecular weight excluding hydrogens is 244 g/mol. The van der Waals surface area contributed by atoms with E-state index in [9.17, 15) is 0 Å². The van der Waals surface area contributed by atoms with Crippen LogP contribution in [0.5, 0.6) is 5.75 Å². The molecule has 4 heteroatoms. The first kappa shape index (κ1) is 11.5. The highest BCUT2D eigenvalue weighted by Gasteiger charge is 2.15. The maximum absolute atomic E-state index is 6.07. The third-order valence-corrected chi connectivity index (χ3v) is 4.07. The number of aromatic nitrogens is 1. The highest BCUT2D eigenvalue weighted by molar-refractivity contribution is 7.16. The largest absolute Gasteiger partial charge is 0.493 e. The number of benzene rings is 1. The molecule has 1 aromatic heterocycles. The van der Waals surface area contributed by atoms with Gasteiger partial charge in [0.05, 0.1) is 11.6 Å². The van der Waals surface area contributed by atoms with Crippen molar-refractivity contribution in [1.29, 1.82) is 0 Å². The van der Waals surface area contributed by atoms with Crippen molar-refractivity contribution in [2.75, 3.05) is 12.3 Å². The van der Waals surface area contributed by atoms with Crippen LogP contribution in [-0.2, 0) is 12.8 Å². The SMILES string of the molecule is CCCc1nc(-c2ccc3c(c2)CCO3)c(N)s1. The van der Waals surface area contributed by atoms with Crippen LogP contribution in [0.25, 0.3) is 11.3 Å². The molecule has 0 aliphatic carbocycles. The van der Waals surface area contributed by atoms with Crippen molar-refractivity contribution in [3.8, 4) is 17.0 Å². The van der Waals surface area contributed by atoms with Gasteiger partial charge in [-0.05, 0) is 36.6 Å². The van der Waals surface area contributed by atoms with E-state index >= 15 is 0 Å². The summed E-state index contributed by atoms with van der Waals surface area (Å²) in [7, 11) is 0.